The summed E-state index contributed by atoms with van der Waals surface area (Å²) in [6, 6.07) is 5.24. The summed E-state index contributed by atoms with van der Waals surface area (Å²) in [5, 5.41) is 5.23. The number of carbonyl (C=O) groups excluding carboxylic acids is 4. The van der Waals surface area contributed by atoms with Crippen LogP contribution in [0.2, 0.25) is 0 Å². The summed E-state index contributed by atoms with van der Waals surface area (Å²) in [5.74, 6) is -1.38. The summed E-state index contributed by atoms with van der Waals surface area (Å²) < 4.78 is 10.1. The molecule has 0 aromatic heterocycles. The van der Waals surface area contributed by atoms with Gasteiger partial charge in [0, 0.05) is 13.1 Å². The number of carbonyl (C=O) groups is 4. The topological polar surface area (TPSA) is 114 Å². The van der Waals surface area contributed by atoms with Crippen molar-refractivity contribution in [2.75, 3.05) is 19.7 Å². The van der Waals surface area contributed by atoms with Crippen molar-refractivity contribution < 1.29 is 28.7 Å². The van der Waals surface area contributed by atoms with Crippen LogP contribution in [-0.2, 0) is 23.9 Å². The molecule has 0 aliphatic carbocycles. The highest BCUT2D eigenvalue weighted by molar-refractivity contribution is 5.92. The van der Waals surface area contributed by atoms with Crippen molar-refractivity contribution in [3.8, 4) is 0 Å². The number of nitrogens with one attached hydrogen (secondary N) is 2. The van der Waals surface area contributed by atoms with Gasteiger partial charge in [-0.1, -0.05) is 35.9 Å². The Bertz CT molecular complexity index is 860. The predicted molar refractivity (Wildman–Crippen MR) is 129 cm³/mol. The van der Waals surface area contributed by atoms with Gasteiger partial charge >= 0.3 is 12.1 Å². The summed E-state index contributed by atoms with van der Waals surface area (Å²) in [7, 11) is 0. The Morgan fingerprint density at radius 2 is 1.76 bits per heavy atom. The smallest absolute Gasteiger partial charge is 0.408 e. The molecule has 0 radical (unpaired) electrons. The molecule has 0 aliphatic heterocycles. The number of benzene rings is 1. The van der Waals surface area contributed by atoms with Crippen molar-refractivity contribution in [1.29, 1.82) is 0 Å². The second kappa shape index (κ2) is 13.4. The zero-order valence-corrected chi connectivity index (χ0v) is 21.0. The van der Waals surface area contributed by atoms with E-state index in [1.807, 2.05) is 19.1 Å². The minimum atomic E-state index is -1.00. The van der Waals surface area contributed by atoms with Crippen molar-refractivity contribution in [2.24, 2.45) is 0 Å². The summed E-state index contributed by atoms with van der Waals surface area (Å²) in [4.78, 5) is 51.7. The van der Waals surface area contributed by atoms with Crippen LogP contribution in [0.3, 0.4) is 0 Å². The second-order valence-electron chi connectivity index (χ2n) is 8.81. The van der Waals surface area contributed by atoms with Gasteiger partial charge in [0.25, 0.3) is 0 Å². The number of hydrogen-bond donors (Lipinski definition) is 2. The van der Waals surface area contributed by atoms with Crippen LogP contribution in [0.15, 0.2) is 36.9 Å². The average molecular weight is 476 g/mol. The number of hydrogen-bond acceptors (Lipinski definition) is 6. The van der Waals surface area contributed by atoms with E-state index in [9.17, 15) is 19.2 Å². The van der Waals surface area contributed by atoms with Crippen LogP contribution < -0.4 is 10.6 Å². The third-order valence-electron chi connectivity index (χ3n) is 4.60. The number of esters is 1. The molecule has 1 rings (SSSR count). The lowest BCUT2D eigenvalue weighted by Crippen LogP contribution is -2.52. The van der Waals surface area contributed by atoms with E-state index in [2.05, 4.69) is 17.2 Å². The Labute approximate surface area is 201 Å². The van der Waals surface area contributed by atoms with E-state index in [4.69, 9.17) is 9.47 Å². The first-order valence-electron chi connectivity index (χ1n) is 11.3. The largest absolute Gasteiger partial charge is 0.466 e. The first kappa shape index (κ1) is 28.7. The van der Waals surface area contributed by atoms with Crippen molar-refractivity contribution in [3.63, 3.8) is 0 Å². The molecule has 1 aromatic carbocycles. The van der Waals surface area contributed by atoms with Crippen LogP contribution >= 0.6 is 0 Å². The molecule has 2 unspecified atom stereocenters. The molecule has 188 valence electrons. The fraction of sp³-hybridized carbons (Fsp3) is 0.520. The van der Waals surface area contributed by atoms with E-state index in [1.54, 1.807) is 39.8 Å². The van der Waals surface area contributed by atoms with Crippen molar-refractivity contribution >= 4 is 23.9 Å². The summed E-state index contributed by atoms with van der Waals surface area (Å²) in [6.45, 7) is 14.4. The van der Waals surface area contributed by atoms with Crippen molar-refractivity contribution in [2.45, 2.75) is 65.6 Å². The molecule has 0 saturated heterocycles. The van der Waals surface area contributed by atoms with E-state index in [1.165, 1.54) is 17.9 Å². The first-order valence-corrected chi connectivity index (χ1v) is 11.3. The molecule has 1 aromatic rings. The minimum absolute atomic E-state index is 0.00616. The molecule has 2 atom stereocenters. The van der Waals surface area contributed by atoms with Crippen LogP contribution in [0.4, 0.5) is 4.79 Å². The van der Waals surface area contributed by atoms with Gasteiger partial charge in [0.15, 0.2) is 0 Å². The Hall–Kier alpha value is -3.36. The minimum Gasteiger partial charge on any atom is -0.466 e. The lowest BCUT2D eigenvalue weighted by molar-refractivity contribution is -0.144. The lowest BCUT2D eigenvalue weighted by atomic mass is 10.0. The van der Waals surface area contributed by atoms with E-state index < -0.39 is 41.6 Å². The maximum Gasteiger partial charge on any atom is 0.408 e. The normalized spacial score (nSPS) is 12.6. The van der Waals surface area contributed by atoms with Gasteiger partial charge in [0.05, 0.1) is 13.0 Å². The number of aryl methyl sites for hydroxylation is 1. The zero-order valence-electron chi connectivity index (χ0n) is 21.0. The van der Waals surface area contributed by atoms with Gasteiger partial charge in [-0.2, -0.15) is 0 Å². The molecular formula is C25H37N3O6. The fourth-order valence-corrected chi connectivity index (χ4v) is 3.10. The van der Waals surface area contributed by atoms with Gasteiger partial charge in [-0.05, 0) is 47.1 Å². The van der Waals surface area contributed by atoms with E-state index in [0.717, 1.165) is 5.56 Å². The molecule has 0 bridgehead atoms. The molecule has 34 heavy (non-hydrogen) atoms. The maximum atomic E-state index is 13.3. The molecule has 2 N–H and O–H groups in total. The quantitative estimate of drug-likeness (QED) is 0.376. The molecular weight excluding hydrogens is 438 g/mol. The molecule has 0 fully saturated rings. The van der Waals surface area contributed by atoms with Gasteiger partial charge in [-0.3, -0.25) is 14.4 Å². The number of amides is 3. The third kappa shape index (κ3) is 9.64. The highest BCUT2D eigenvalue weighted by Crippen LogP contribution is 2.23. The SMILES string of the molecule is C=CCN(C(=O)C(C)NC(=O)OC(C)(C)C)C(C(=O)NCCC(=O)OCC)c1ccc(C)cc1. The van der Waals surface area contributed by atoms with Crippen LogP contribution in [0.1, 0.15) is 58.2 Å². The second-order valence-corrected chi connectivity index (χ2v) is 8.81. The number of rotatable bonds is 11. The Balaban J connectivity index is 3.15. The molecule has 9 nitrogen and oxygen atoms in total. The summed E-state index contributed by atoms with van der Waals surface area (Å²) >= 11 is 0. The molecule has 0 spiro atoms. The molecule has 9 heteroatoms. The fourth-order valence-electron chi connectivity index (χ4n) is 3.10. The molecule has 3 amide bonds. The van der Waals surface area contributed by atoms with Crippen LogP contribution in [0.5, 0.6) is 0 Å². The van der Waals surface area contributed by atoms with E-state index in [0.29, 0.717) is 5.56 Å². The maximum absolute atomic E-state index is 13.3. The van der Waals surface area contributed by atoms with Gasteiger partial charge in [-0.15, -0.1) is 6.58 Å². The number of alkyl carbamates (subject to hydrolysis) is 1. The number of nitrogens with zero attached hydrogens (tertiary/aromatic N) is 1. The Morgan fingerprint density at radius 3 is 2.29 bits per heavy atom. The first-order chi connectivity index (χ1) is 15.9. The van der Waals surface area contributed by atoms with Crippen molar-refractivity contribution in [3.05, 3.63) is 48.0 Å². The van der Waals surface area contributed by atoms with E-state index >= 15 is 0 Å². The van der Waals surface area contributed by atoms with Gasteiger partial charge in [0.1, 0.15) is 17.7 Å². The van der Waals surface area contributed by atoms with Gasteiger partial charge < -0.3 is 25.0 Å². The Morgan fingerprint density at radius 1 is 1.15 bits per heavy atom. The molecule has 0 aliphatic rings. The van der Waals surface area contributed by atoms with Crippen LogP contribution in [0.25, 0.3) is 0 Å². The Kier molecular flexibility index (Phi) is 11.3. The van der Waals surface area contributed by atoms with Crippen LogP contribution in [0, 0.1) is 6.92 Å². The zero-order chi connectivity index (χ0) is 25.9. The van der Waals surface area contributed by atoms with Crippen LogP contribution in [-0.4, -0.2) is 60.1 Å². The van der Waals surface area contributed by atoms with Crippen molar-refractivity contribution in [1.82, 2.24) is 15.5 Å². The lowest BCUT2D eigenvalue weighted by Gasteiger charge is -2.33. The van der Waals surface area contributed by atoms with Gasteiger partial charge in [-0.25, -0.2) is 4.79 Å². The molecule has 0 saturated carbocycles. The predicted octanol–water partition coefficient (Wildman–Crippen LogP) is 3.03. The van der Waals surface area contributed by atoms with E-state index in [-0.39, 0.29) is 26.1 Å². The molecule has 0 heterocycles. The number of ether oxygens (including phenoxy) is 2. The monoisotopic (exact) mass is 475 g/mol. The third-order valence-corrected chi connectivity index (χ3v) is 4.60. The highest BCUT2D eigenvalue weighted by Gasteiger charge is 2.34. The summed E-state index contributed by atoms with van der Waals surface area (Å²) in [6.07, 6.45) is 0.773. The standard InChI is InChI=1S/C25H37N3O6/c1-8-16-28(23(31)18(4)27-24(32)34-25(5,6)7)21(19-12-10-17(3)11-13-19)22(30)26-15-14-20(29)33-9-2/h8,10-13,18,21H,1,9,14-16H2,2-7H3,(H,26,30)(H,27,32). The summed E-state index contributed by atoms with van der Waals surface area (Å²) in [5.41, 5.74) is 0.849. The van der Waals surface area contributed by atoms with Gasteiger partial charge in [0.2, 0.25) is 11.8 Å². The highest BCUT2D eigenvalue weighted by atomic mass is 16.6. The average Bonchev–Trinajstić information content (AvgIpc) is 2.73.